The van der Waals surface area contributed by atoms with Gasteiger partial charge in [0, 0.05) is 38.9 Å². The second-order valence-electron chi connectivity index (χ2n) is 7.22. The molecular formula is C22H27N3. The highest BCUT2D eigenvalue weighted by molar-refractivity contribution is 5.66. The standard InChI is InChI=1S/C22H27N3/c1-2-8-20(9-3-1)21-10-6-7-19(17-21)18-24-13-15-25(16-14-24)22-11-4-5-12-23-22/h1-5,8-12,19H,6-7,13-18H2/t19-/m1/s1. The van der Waals surface area contributed by atoms with Crippen LogP contribution in [0.25, 0.3) is 5.57 Å². The van der Waals surface area contributed by atoms with Gasteiger partial charge in [-0.05, 0) is 48.4 Å². The Morgan fingerprint density at radius 2 is 1.72 bits per heavy atom. The van der Waals surface area contributed by atoms with E-state index in [0.29, 0.717) is 0 Å². The van der Waals surface area contributed by atoms with Crippen molar-refractivity contribution < 1.29 is 0 Å². The van der Waals surface area contributed by atoms with Gasteiger partial charge in [0.25, 0.3) is 0 Å². The van der Waals surface area contributed by atoms with Crippen molar-refractivity contribution in [3.63, 3.8) is 0 Å². The summed E-state index contributed by atoms with van der Waals surface area (Å²) in [5, 5.41) is 0. The highest BCUT2D eigenvalue weighted by Gasteiger charge is 2.23. The fourth-order valence-corrected chi connectivity index (χ4v) is 4.10. The van der Waals surface area contributed by atoms with Gasteiger partial charge in [0.15, 0.2) is 0 Å². The third-order valence-electron chi connectivity index (χ3n) is 5.48. The van der Waals surface area contributed by atoms with Gasteiger partial charge in [-0.2, -0.15) is 0 Å². The molecule has 0 unspecified atom stereocenters. The molecule has 2 aliphatic rings. The second kappa shape index (κ2) is 7.83. The predicted octanol–water partition coefficient (Wildman–Crippen LogP) is 4.09. The van der Waals surface area contributed by atoms with Gasteiger partial charge in [-0.15, -0.1) is 0 Å². The number of piperazine rings is 1. The monoisotopic (exact) mass is 333 g/mol. The molecular weight excluding hydrogens is 306 g/mol. The van der Waals surface area contributed by atoms with E-state index < -0.39 is 0 Å². The van der Waals surface area contributed by atoms with E-state index in [4.69, 9.17) is 0 Å². The zero-order valence-electron chi connectivity index (χ0n) is 14.8. The van der Waals surface area contributed by atoms with Gasteiger partial charge in [-0.1, -0.05) is 42.5 Å². The summed E-state index contributed by atoms with van der Waals surface area (Å²) in [7, 11) is 0. The number of benzene rings is 1. The lowest BCUT2D eigenvalue weighted by atomic mass is 9.85. The molecule has 1 aliphatic heterocycles. The molecule has 1 fully saturated rings. The quantitative estimate of drug-likeness (QED) is 0.840. The summed E-state index contributed by atoms with van der Waals surface area (Å²) >= 11 is 0. The summed E-state index contributed by atoms with van der Waals surface area (Å²) in [5.74, 6) is 1.91. The molecule has 0 radical (unpaired) electrons. The van der Waals surface area contributed by atoms with Crippen LogP contribution in [0.1, 0.15) is 24.8 Å². The summed E-state index contributed by atoms with van der Waals surface area (Å²) in [6.45, 7) is 5.71. The zero-order chi connectivity index (χ0) is 16.9. The lowest BCUT2D eigenvalue weighted by molar-refractivity contribution is 0.212. The van der Waals surface area contributed by atoms with E-state index in [1.807, 2.05) is 12.3 Å². The minimum atomic E-state index is 0.793. The predicted molar refractivity (Wildman–Crippen MR) is 105 cm³/mol. The Labute approximate surface area is 151 Å². The molecule has 1 aromatic carbocycles. The van der Waals surface area contributed by atoms with Crippen molar-refractivity contribution >= 4 is 11.4 Å². The van der Waals surface area contributed by atoms with Crippen LogP contribution >= 0.6 is 0 Å². The molecule has 1 saturated heterocycles. The average molecular weight is 333 g/mol. The van der Waals surface area contributed by atoms with Gasteiger partial charge in [0.05, 0.1) is 0 Å². The first-order chi connectivity index (χ1) is 12.4. The van der Waals surface area contributed by atoms with Gasteiger partial charge < -0.3 is 4.90 Å². The number of pyridine rings is 1. The molecule has 0 spiro atoms. The third-order valence-corrected chi connectivity index (χ3v) is 5.48. The molecule has 1 atom stereocenters. The van der Waals surface area contributed by atoms with Crippen LogP contribution in [0.3, 0.4) is 0 Å². The van der Waals surface area contributed by atoms with Crippen molar-refractivity contribution in [3.8, 4) is 0 Å². The number of hydrogen-bond donors (Lipinski definition) is 0. The van der Waals surface area contributed by atoms with Crippen LogP contribution in [0, 0.1) is 5.92 Å². The molecule has 0 N–H and O–H groups in total. The van der Waals surface area contributed by atoms with Crippen molar-refractivity contribution in [1.29, 1.82) is 0 Å². The van der Waals surface area contributed by atoms with Gasteiger partial charge in [0.1, 0.15) is 5.82 Å². The molecule has 4 rings (SSSR count). The maximum absolute atomic E-state index is 4.49. The molecule has 3 nitrogen and oxygen atoms in total. The first kappa shape index (κ1) is 16.3. The number of nitrogens with zero attached hydrogens (tertiary/aromatic N) is 3. The van der Waals surface area contributed by atoms with Crippen molar-refractivity contribution in [2.24, 2.45) is 5.92 Å². The van der Waals surface area contributed by atoms with Crippen LogP contribution in [0.4, 0.5) is 5.82 Å². The van der Waals surface area contributed by atoms with E-state index in [1.54, 1.807) is 5.57 Å². The molecule has 0 amide bonds. The Morgan fingerprint density at radius 3 is 2.48 bits per heavy atom. The third kappa shape index (κ3) is 4.10. The smallest absolute Gasteiger partial charge is 0.128 e. The van der Waals surface area contributed by atoms with Gasteiger partial charge in [0.2, 0.25) is 0 Å². The van der Waals surface area contributed by atoms with Gasteiger partial charge >= 0.3 is 0 Å². The molecule has 0 bridgehead atoms. The number of anilines is 1. The first-order valence-electron chi connectivity index (χ1n) is 9.51. The molecule has 0 saturated carbocycles. The van der Waals surface area contributed by atoms with Crippen LogP contribution < -0.4 is 4.90 Å². The Bertz CT molecular complexity index is 688. The Hall–Kier alpha value is -2.13. The molecule has 3 heteroatoms. The lowest BCUT2D eigenvalue weighted by Gasteiger charge is -2.37. The number of rotatable bonds is 4. The highest BCUT2D eigenvalue weighted by atomic mass is 15.3. The summed E-state index contributed by atoms with van der Waals surface area (Å²) in [5.41, 5.74) is 2.95. The number of hydrogen-bond acceptors (Lipinski definition) is 3. The molecule has 2 aromatic rings. The van der Waals surface area contributed by atoms with Crippen LogP contribution in [0.15, 0.2) is 60.8 Å². The highest BCUT2D eigenvalue weighted by Crippen LogP contribution is 2.31. The minimum Gasteiger partial charge on any atom is -0.354 e. The van der Waals surface area contributed by atoms with E-state index in [1.165, 1.54) is 31.4 Å². The molecule has 2 heterocycles. The Morgan fingerprint density at radius 1 is 0.920 bits per heavy atom. The van der Waals surface area contributed by atoms with Gasteiger partial charge in [-0.25, -0.2) is 4.98 Å². The zero-order valence-corrected chi connectivity index (χ0v) is 14.8. The maximum Gasteiger partial charge on any atom is 0.128 e. The minimum absolute atomic E-state index is 0.793. The molecule has 130 valence electrons. The number of aromatic nitrogens is 1. The fourth-order valence-electron chi connectivity index (χ4n) is 4.10. The van der Waals surface area contributed by atoms with Crippen molar-refractivity contribution in [1.82, 2.24) is 9.88 Å². The van der Waals surface area contributed by atoms with Crippen molar-refractivity contribution in [2.45, 2.75) is 19.3 Å². The van der Waals surface area contributed by atoms with Crippen LogP contribution in [-0.4, -0.2) is 42.6 Å². The van der Waals surface area contributed by atoms with E-state index >= 15 is 0 Å². The van der Waals surface area contributed by atoms with E-state index in [9.17, 15) is 0 Å². The topological polar surface area (TPSA) is 19.4 Å². The summed E-state index contributed by atoms with van der Waals surface area (Å²) in [6.07, 6.45) is 8.12. The normalized spacial score (nSPS) is 21.8. The van der Waals surface area contributed by atoms with Crippen LogP contribution in [0.5, 0.6) is 0 Å². The largest absolute Gasteiger partial charge is 0.354 e. The Balaban J connectivity index is 1.30. The summed E-state index contributed by atoms with van der Waals surface area (Å²) in [6, 6.07) is 17.1. The van der Waals surface area contributed by atoms with Gasteiger partial charge in [-0.3, -0.25) is 4.90 Å². The van der Waals surface area contributed by atoms with E-state index in [2.05, 4.69) is 63.3 Å². The maximum atomic E-state index is 4.49. The molecule has 1 aromatic heterocycles. The average Bonchev–Trinajstić information content (AvgIpc) is 2.70. The SMILES string of the molecule is C1=C(c2ccccc2)C[C@H](CN2CCN(c3ccccn3)CC2)CC1. The number of allylic oxidation sites excluding steroid dienone is 2. The fraction of sp³-hybridized carbons (Fsp3) is 0.409. The molecule has 1 aliphatic carbocycles. The van der Waals surface area contributed by atoms with Crippen molar-refractivity contribution in [3.05, 3.63) is 66.4 Å². The van der Waals surface area contributed by atoms with Crippen LogP contribution in [0.2, 0.25) is 0 Å². The molecule has 25 heavy (non-hydrogen) atoms. The summed E-state index contributed by atoms with van der Waals surface area (Å²) < 4.78 is 0. The summed E-state index contributed by atoms with van der Waals surface area (Å²) in [4.78, 5) is 9.55. The first-order valence-corrected chi connectivity index (χ1v) is 9.51. The van der Waals surface area contributed by atoms with Crippen LogP contribution in [-0.2, 0) is 0 Å². The Kier molecular flexibility index (Phi) is 5.12. The van der Waals surface area contributed by atoms with E-state index in [-0.39, 0.29) is 0 Å². The van der Waals surface area contributed by atoms with E-state index in [0.717, 1.165) is 37.9 Å². The van der Waals surface area contributed by atoms with Crippen molar-refractivity contribution in [2.75, 3.05) is 37.6 Å². The lowest BCUT2D eigenvalue weighted by Crippen LogP contribution is -2.48. The second-order valence-corrected chi connectivity index (χ2v) is 7.22.